The molecule has 0 saturated carbocycles. The Bertz CT molecular complexity index is 3950. The van der Waals surface area contributed by atoms with E-state index in [1.54, 1.807) is 91.0 Å². The number of hydrogen-bond donors (Lipinski definition) is 4. The average molecular weight is 1160 g/mol. The van der Waals surface area contributed by atoms with Gasteiger partial charge in [-0.2, -0.15) is 57.5 Å². The molecule has 0 saturated heterocycles. The number of carbonyl (C=O) groups is 3. The van der Waals surface area contributed by atoms with Crippen LogP contribution in [0.3, 0.4) is 0 Å². The third-order valence-corrected chi connectivity index (χ3v) is 11.6. The summed E-state index contributed by atoms with van der Waals surface area (Å²) in [6.07, 6.45) is 0.730. The first-order chi connectivity index (χ1) is 37.4. The van der Waals surface area contributed by atoms with Crippen LogP contribution in [0.2, 0.25) is 0 Å². The molecule has 0 unspecified atom stereocenters. The van der Waals surface area contributed by atoms with Crippen LogP contribution in [0.1, 0.15) is 45.6 Å². The molecule has 0 atom stereocenters. The molecule has 1 aromatic heterocycles. The van der Waals surface area contributed by atoms with Gasteiger partial charge in [-0.1, -0.05) is 36.4 Å². The molecule has 406 valence electrons. The summed E-state index contributed by atoms with van der Waals surface area (Å²) in [4.78, 5) is 48.7. The lowest BCUT2D eigenvalue weighted by molar-refractivity contribution is -0.135. The Hall–Kier alpha value is -9.60. The van der Waals surface area contributed by atoms with Crippen molar-refractivity contribution >= 4 is 111 Å². The predicted octanol–water partition coefficient (Wildman–Crippen LogP) is 8.64. The van der Waals surface area contributed by atoms with Gasteiger partial charge in [-0.3, -0.25) is 18.7 Å². The standard InChI is InChI=1S/C47H38N12O10S2.2O3S/c1-29(61)39-24-31(8-19-41(39)58-55-35-11-9-34(10-12-35)53-54-36-13-16-38(17-14-36)70(64,65)66)26-45-49-44(50-47(51-45)48-28-46(62)63)25-30-7-18-40(32(23-30)21-22-60)57-59-42-20-15-37(27-43(42)71(67,68)69)56-52-33-5-3-2-4-6-33;2*1-4(2)3/h2-20,22-24,27H,21,25-26,28H2,1H3,(H,62,63)(H,64,65,66)(H,67,68,69)(H,48,49,50,51);;. The van der Waals surface area contributed by atoms with Crippen LogP contribution in [0.15, 0.2) is 184 Å². The Morgan fingerprint density at radius 1 is 0.544 bits per heavy atom. The van der Waals surface area contributed by atoms with Gasteiger partial charge in [-0.15, -0.1) is 35.5 Å². The van der Waals surface area contributed by atoms with Crippen molar-refractivity contribution in [2.24, 2.45) is 40.9 Å². The van der Waals surface area contributed by atoms with Gasteiger partial charge < -0.3 is 15.2 Å². The van der Waals surface area contributed by atoms with Gasteiger partial charge >= 0.3 is 27.2 Å². The van der Waals surface area contributed by atoms with Crippen LogP contribution >= 0.6 is 0 Å². The van der Waals surface area contributed by atoms with Crippen molar-refractivity contribution in [1.29, 1.82) is 0 Å². The molecule has 1 heterocycles. The normalized spacial score (nSPS) is 11.4. The Morgan fingerprint density at radius 3 is 1.49 bits per heavy atom. The minimum atomic E-state index is -4.78. The zero-order valence-electron chi connectivity index (χ0n) is 40.3. The fourth-order valence-corrected chi connectivity index (χ4v) is 7.58. The number of aliphatic carboxylic acids is 1. The van der Waals surface area contributed by atoms with Crippen LogP contribution in [0, 0.1) is 0 Å². The number of rotatable bonds is 20. The van der Waals surface area contributed by atoms with E-state index in [0.717, 1.165) is 6.07 Å². The van der Waals surface area contributed by atoms with Crippen LogP contribution < -0.4 is 5.32 Å². The fraction of sp³-hybridized carbons (Fsp3) is 0.106. The van der Waals surface area contributed by atoms with Crippen LogP contribution in [0.4, 0.5) is 51.4 Å². The first kappa shape index (κ1) is 60.3. The minimum absolute atomic E-state index is 0.0211. The highest BCUT2D eigenvalue weighted by atomic mass is 32.2. The molecule has 0 fully saturated rings. The molecule has 4 N–H and O–H groups in total. The van der Waals surface area contributed by atoms with Crippen LogP contribution in [-0.2, 0) is 70.3 Å². The van der Waals surface area contributed by atoms with Gasteiger partial charge in [0.2, 0.25) is 5.95 Å². The number of aldehydes is 1. The summed E-state index contributed by atoms with van der Waals surface area (Å²) < 4.78 is 117. The zero-order valence-corrected chi connectivity index (χ0v) is 43.6. The molecule has 0 aliphatic rings. The van der Waals surface area contributed by atoms with E-state index in [1.165, 1.54) is 43.3 Å². The van der Waals surface area contributed by atoms with Crippen molar-refractivity contribution in [1.82, 2.24) is 15.0 Å². The Morgan fingerprint density at radius 2 is 0.987 bits per heavy atom. The third kappa shape index (κ3) is 20.5. The van der Waals surface area contributed by atoms with Crippen molar-refractivity contribution in [2.75, 3.05) is 11.9 Å². The topological polar surface area (TPSA) is 432 Å². The largest absolute Gasteiger partial charge is 0.480 e. The number of anilines is 1. The van der Waals surface area contributed by atoms with Gasteiger partial charge in [0.25, 0.3) is 20.2 Å². The summed E-state index contributed by atoms with van der Waals surface area (Å²) in [5.41, 5.74) is 4.13. The number of azo groups is 4. The van der Waals surface area contributed by atoms with E-state index >= 15 is 0 Å². The molecule has 0 radical (unpaired) electrons. The lowest BCUT2D eigenvalue weighted by Crippen LogP contribution is -2.17. The molecular weight excluding hydrogens is 1120 g/mol. The number of nitrogens with zero attached hydrogens (tertiary/aromatic N) is 11. The number of carboxylic acid groups (broad SMARTS) is 1. The molecule has 0 aliphatic heterocycles. The number of Topliss-reactive ketones (excluding diaryl/α,β-unsaturated/α-hetero) is 1. The predicted molar refractivity (Wildman–Crippen MR) is 276 cm³/mol. The summed E-state index contributed by atoms with van der Waals surface area (Å²) >= 11 is 0. The van der Waals surface area contributed by atoms with E-state index in [1.807, 2.05) is 0 Å². The van der Waals surface area contributed by atoms with E-state index in [2.05, 4.69) is 61.2 Å². The Kier molecular flexibility index (Phi) is 21.7. The van der Waals surface area contributed by atoms with Crippen molar-refractivity contribution in [2.45, 2.75) is 36.0 Å². The molecule has 0 aliphatic carbocycles. The van der Waals surface area contributed by atoms with Crippen LogP contribution in [-0.4, -0.2) is 95.8 Å². The second-order valence-corrected chi connectivity index (χ2v) is 19.1. The van der Waals surface area contributed by atoms with Crippen molar-refractivity contribution in [3.63, 3.8) is 0 Å². The first-order valence-electron chi connectivity index (χ1n) is 21.9. The Balaban J connectivity index is 0.00000134. The first-order valence-corrected chi connectivity index (χ1v) is 26.8. The number of ketones is 1. The van der Waals surface area contributed by atoms with Crippen LogP contribution in [0.5, 0.6) is 0 Å². The van der Waals surface area contributed by atoms with E-state index in [-0.39, 0.29) is 75.9 Å². The minimum Gasteiger partial charge on any atom is -0.480 e. The molecular formula is C47H38N12O16S4. The van der Waals surface area contributed by atoms with Crippen LogP contribution in [0.25, 0.3) is 0 Å². The molecule has 32 heteroatoms. The molecule has 28 nitrogen and oxygen atoms in total. The third-order valence-electron chi connectivity index (χ3n) is 9.80. The Labute approximate surface area is 450 Å². The monoisotopic (exact) mass is 1150 g/mol. The molecule has 6 aromatic carbocycles. The van der Waals surface area contributed by atoms with E-state index in [9.17, 15) is 40.9 Å². The molecule has 0 spiro atoms. The molecule has 0 bridgehead atoms. The quantitative estimate of drug-likeness (QED) is 0.0240. The van der Waals surface area contributed by atoms with E-state index in [4.69, 9.17) is 29.8 Å². The summed E-state index contributed by atoms with van der Waals surface area (Å²) in [7, 11) is -15.3. The average Bonchev–Trinajstić information content (AvgIpc) is 3.40. The van der Waals surface area contributed by atoms with Gasteiger partial charge in [0, 0.05) is 24.8 Å². The summed E-state index contributed by atoms with van der Waals surface area (Å²) in [5, 5.41) is 45.2. The second kappa shape index (κ2) is 28.5. The summed E-state index contributed by atoms with van der Waals surface area (Å²) in [6.45, 7) is 0.882. The molecule has 7 aromatic rings. The van der Waals surface area contributed by atoms with E-state index in [0.29, 0.717) is 45.7 Å². The number of benzene rings is 6. The van der Waals surface area contributed by atoms with Crippen molar-refractivity contribution in [3.05, 3.63) is 167 Å². The molecule has 79 heavy (non-hydrogen) atoms. The van der Waals surface area contributed by atoms with Gasteiger partial charge in [0.15, 0.2) is 5.78 Å². The number of hydrogen-bond acceptors (Lipinski definition) is 25. The lowest BCUT2D eigenvalue weighted by Gasteiger charge is -2.11. The number of carbonyl (C=O) groups excluding carboxylic acids is 2. The van der Waals surface area contributed by atoms with Crippen molar-refractivity contribution in [3.8, 4) is 0 Å². The highest BCUT2D eigenvalue weighted by molar-refractivity contribution is 7.86. The van der Waals surface area contributed by atoms with Gasteiger partial charge in [0.1, 0.15) is 35.1 Å². The smallest absolute Gasteiger partial charge is 0.425 e. The summed E-state index contributed by atoms with van der Waals surface area (Å²) in [5.74, 6) is -1.01. The zero-order chi connectivity index (χ0) is 57.7. The maximum atomic E-state index is 12.8. The molecule has 7 rings (SSSR count). The van der Waals surface area contributed by atoms with E-state index < -0.39 is 58.9 Å². The molecule has 0 amide bonds. The van der Waals surface area contributed by atoms with Gasteiger partial charge in [-0.05, 0) is 121 Å². The number of aromatic nitrogens is 3. The summed E-state index contributed by atoms with van der Waals surface area (Å²) in [6, 6.07) is 34.1. The van der Waals surface area contributed by atoms with Gasteiger partial charge in [0.05, 0.1) is 44.7 Å². The number of carboxylic acids is 1. The van der Waals surface area contributed by atoms with Gasteiger partial charge in [-0.25, -0.2) is 4.98 Å². The fourth-order valence-electron chi connectivity index (χ4n) is 6.46. The highest BCUT2D eigenvalue weighted by Gasteiger charge is 2.18. The second-order valence-electron chi connectivity index (χ2n) is 15.5. The van der Waals surface area contributed by atoms with Crippen molar-refractivity contribution < 1.29 is 70.7 Å². The maximum absolute atomic E-state index is 12.8. The lowest BCUT2D eigenvalue weighted by atomic mass is 10.0. The number of nitrogens with one attached hydrogen (secondary N) is 1. The maximum Gasteiger partial charge on any atom is 0.425 e. The highest BCUT2D eigenvalue weighted by Crippen LogP contribution is 2.33. The SMILES string of the molecule is CC(=O)c1cc(Cc2nc(Cc3ccc(N=Nc4ccc(N=Nc5ccccc5)cc4S(=O)(=O)O)c(CC=O)c3)nc(NCC(=O)O)n2)ccc1N=Nc1ccc(N=Nc2ccc(S(=O)(=O)O)cc2)cc1.O=S(=O)=O.O=S(=O)=O.